The van der Waals surface area contributed by atoms with E-state index < -0.39 is 11.4 Å². The lowest BCUT2D eigenvalue weighted by Crippen LogP contribution is -2.49. The Morgan fingerprint density at radius 3 is 2.67 bits per heavy atom. The Kier molecular flexibility index (Phi) is 3.41. The Balaban J connectivity index is 1.94. The fourth-order valence-corrected chi connectivity index (χ4v) is 3.89. The van der Waals surface area contributed by atoms with Gasteiger partial charge in [0, 0.05) is 12.2 Å². The molecule has 0 radical (unpaired) electrons. The van der Waals surface area contributed by atoms with Crippen LogP contribution in [0, 0.1) is 29.0 Å². The number of hydrogen-bond donors (Lipinski definition) is 1. The van der Waals surface area contributed by atoms with Gasteiger partial charge < -0.3 is 10.0 Å². The Morgan fingerprint density at radius 2 is 2.14 bits per heavy atom. The van der Waals surface area contributed by atoms with Crippen LogP contribution in [0.1, 0.15) is 38.7 Å². The molecule has 2 fully saturated rings. The summed E-state index contributed by atoms with van der Waals surface area (Å²) in [7, 11) is 0. The SMILES string of the molecule is CC(C)[C@@H]1N(c2ccc(C#N)c(F)c2)CC[C@@]1(O)C1CC1. The predicted molar refractivity (Wildman–Crippen MR) is 79.4 cm³/mol. The first-order valence-corrected chi connectivity index (χ1v) is 7.66. The van der Waals surface area contributed by atoms with Gasteiger partial charge in [-0.2, -0.15) is 5.26 Å². The second-order valence-corrected chi connectivity index (χ2v) is 6.67. The minimum atomic E-state index is -0.654. The number of halogens is 1. The van der Waals surface area contributed by atoms with Crippen molar-refractivity contribution in [3.05, 3.63) is 29.6 Å². The number of hydrogen-bond acceptors (Lipinski definition) is 3. The van der Waals surface area contributed by atoms with Gasteiger partial charge in [-0.05, 0) is 49.3 Å². The molecule has 1 heterocycles. The summed E-state index contributed by atoms with van der Waals surface area (Å²) in [5.41, 5.74) is 0.178. The number of benzene rings is 1. The largest absolute Gasteiger partial charge is 0.387 e. The zero-order valence-electron chi connectivity index (χ0n) is 12.5. The molecule has 21 heavy (non-hydrogen) atoms. The maximum Gasteiger partial charge on any atom is 0.143 e. The molecule has 1 N–H and O–H groups in total. The van der Waals surface area contributed by atoms with Crippen molar-refractivity contribution in [1.82, 2.24) is 0 Å². The van der Waals surface area contributed by atoms with Gasteiger partial charge in [0.2, 0.25) is 0 Å². The van der Waals surface area contributed by atoms with E-state index in [1.807, 2.05) is 6.07 Å². The molecule has 1 aliphatic heterocycles. The molecule has 0 unspecified atom stereocenters. The highest BCUT2D eigenvalue weighted by Crippen LogP contribution is 2.50. The Labute approximate surface area is 125 Å². The minimum Gasteiger partial charge on any atom is -0.387 e. The first-order valence-electron chi connectivity index (χ1n) is 7.66. The number of aliphatic hydroxyl groups is 1. The summed E-state index contributed by atoms with van der Waals surface area (Å²) < 4.78 is 13.9. The summed E-state index contributed by atoms with van der Waals surface area (Å²) in [4.78, 5) is 2.12. The van der Waals surface area contributed by atoms with E-state index in [4.69, 9.17) is 5.26 Å². The van der Waals surface area contributed by atoms with Gasteiger partial charge in [0.25, 0.3) is 0 Å². The Morgan fingerprint density at radius 1 is 1.43 bits per heavy atom. The fraction of sp³-hybridized carbons (Fsp3) is 0.588. The highest BCUT2D eigenvalue weighted by atomic mass is 19.1. The molecular weight excluding hydrogens is 267 g/mol. The van der Waals surface area contributed by atoms with Gasteiger partial charge in [-0.15, -0.1) is 0 Å². The highest BCUT2D eigenvalue weighted by molar-refractivity contribution is 5.53. The van der Waals surface area contributed by atoms with Gasteiger partial charge in [0.15, 0.2) is 0 Å². The van der Waals surface area contributed by atoms with Gasteiger partial charge in [0.05, 0.1) is 17.2 Å². The topological polar surface area (TPSA) is 47.3 Å². The van der Waals surface area contributed by atoms with Crippen LogP contribution in [0.5, 0.6) is 0 Å². The zero-order chi connectivity index (χ0) is 15.2. The van der Waals surface area contributed by atoms with Crippen molar-refractivity contribution >= 4 is 5.69 Å². The maximum atomic E-state index is 13.9. The van der Waals surface area contributed by atoms with Crippen LogP contribution >= 0.6 is 0 Å². The molecule has 1 aromatic rings. The number of nitriles is 1. The quantitative estimate of drug-likeness (QED) is 0.930. The molecule has 0 aromatic heterocycles. The van der Waals surface area contributed by atoms with E-state index in [1.165, 1.54) is 12.1 Å². The third-order valence-corrected chi connectivity index (χ3v) is 4.92. The molecule has 0 spiro atoms. The van der Waals surface area contributed by atoms with Crippen LogP contribution in [0.25, 0.3) is 0 Å². The van der Waals surface area contributed by atoms with Crippen molar-refractivity contribution in [2.45, 2.75) is 44.8 Å². The normalized spacial score (nSPS) is 29.0. The van der Waals surface area contributed by atoms with Crippen LogP contribution in [0.3, 0.4) is 0 Å². The molecule has 2 aliphatic rings. The van der Waals surface area contributed by atoms with Crippen LogP contribution in [0.15, 0.2) is 18.2 Å². The maximum absolute atomic E-state index is 13.9. The molecule has 0 amide bonds. The van der Waals surface area contributed by atoms with Gasteiger partial charge in [-0.3, -0.25) is 0 Å². The van der Waals surface area contributed by atoms with E-state index in [2.05, 4.69) is 18.7 Å². The first-order chi connectivity index (χ1) is 9.97. The van der Waals surface area contributed by atoms with Crippen LogP contribution in [-0.4, -0.2) is 23.3 Å². The van der Waals surface area contributed by atoms with Crippen LogP contribution in [0.4, 0.5) is 10.1 Å². The summed E-state index contributed by atoms with van der Waals surface area (Å²) >= 11 is 0. The van der Waals surface area contributed by atoms with Crippen molar-refractivity contribution in [3.63, 3.8) is 0 Å². The van der Waals surface area contributed by atoms with Gasteiger partial charge >= 0.3 is 0 Å². The molecule has 1 aromatic carbocycles. The van der Waals surface area contributed by atoms with E-state index in [1.54, 1.807) is 6.07 Å². The third kappa shape index (κ3) is 2.30. The molecule has 1 aliphatic carbocycles. The lowest BCUT2D eigenvalue weighted by molar-refractivity contribution is -0.00294. The average Bonchev–Trinajstić information content (AvgIpc) is 3.23. The molecule has 112 valence electrons. The predicted octanol–water partition coefficient (Wildman–Crippen LogP) is 3.07. The molecule has 2 atom stereocenters. The van der Waals surface area contributed by atoms with Crippen LogP contribution in [0.2, 0.25) is 0 Å². The summed E-state index contributed by atoms with van der Waals surface area (Å²) in [6, 6.07) is 6.59. The molecule has 1 saturated carbocycles. The van der Waals surface area contributed by atoms with Crippen molar-refractivity contribution in [3.8, 4) is 6.07 Å². The minimum absolute atomic E-state index is 0.0114. The number of nitrogens with zero attached hydrogens (tertiary/aromatic N) is 2. The van der Waals surface area contributed by atoms with Crippen molar-refractivity contribution < 1.29 is 9.50 Å². The van der Waals surface area contributed by atoms with Gasteiger partial charge in [0.1, 0.15) is 11.9 Å². The number of anilines is 1. The molecule has 1 saturated heterocycles. The van der Waals surface area contributed by atoms with E-state index in [-0.39, 0.29) is 17.5 Å². The van der Waals surface area contributed by atoms with E-state index in [9.17, 15) is 9.50 Å². The monoisotopic (exact) mass is 288 g/mol. The second-order valence-electron chi connectivity index (χ2n) is 6.67. The van der Waals surface area contributed by atoms with Crippen molar-refractivity contribution in [2.75, 3.05) is 11.4 Å². The Hall–Kier alpha value is -1.60. The summed E-state index contributed by atoms with van der Waals surface area (Å²) in [5, 5.41) is 19.9. The molecule has 0 bridgehead atoms. The zero-order valence-corrected chi connectivity index (χ0v) is 12.5. The first kappa shape index (κ1) is 14.3. The average molecular weight is 288 g/mol. The van der Waals surface area contributed by atoms with Crippen LogP contribution < -0.4 is 4.90 Å². The van der Waals surface area contributed by atoms with Crippen molar-refractivity contribution in [1.29, 1.82) is 5.26 Å². The molecule has 3 nitrogen and oxygen atoms in total. The van der Waals surface area contributed by atoms with E-state index in [0.717, 1.165) is 31.5 Å². The highest BCUT2D eigenvalue weighted by Gasteiger charge is 2.55. The van der Waals surface area contributed by atoms with Gasteiger partial charge in [-0.25, -0.2) is 4.39 Å². The molecule has 4 heteroatoms. The summed E-state index contributed by atoms with van der Waals surface area (Å²) in [6.45, 7) is 4.95. The van der Waals surface area contributed by atoms with E-state index >= 15 is 0 Å². The lowest BCUT2D eigenvalue weighted by atomic mass is 9.83. The molecule has 3 rings (SSSR count). The summed E-state index contributed by atoms with van der Waals surface area (Å²) in [6.07, 6.45) is 2.92. The second kappa shape index (κ2) is 4.99. The third-order valence-electron chi connectivity index (χ3n) is 4.92. The number of rotatable bonds is 3. The fourth-order valence-electron chi connectivity index (χ4n) is 3.89. The smallest absolute Gasteiger partial charge is 0.143 e. The lowest BCUT2D eigenvalue weighted by Gasteiger charge is -2.38. The van der Waals surface area contributed by atoms with E-state index in [0.29, 0.717) is 5.92 Å². The Bertz CT molecular complexity index is 591. The molecular formula is C17H21FN2O. The summed E-state index contributed by atoms with van der Waals surface area (Å²) in [5.74, 6) is 0.189. The standard InChI is InChI=1S/C17H21FN2O/c1-11(2)16-17(21,13-4-5-13)7-8-20(16)14-6-3-12(10-19)15(18)9-14/h3,6,9,11,13,16,21H,4-5,7-8H2,1-2H3/t16-,17+/m0/s1. The van der Waals surface area contributed by atoms with Gasteiger partial charge in [-0.1, -0.05) is 13.8 Å². The van der Waals surface area contributed by atoms with Crippen molar-refractivity contribution in [2.24, 2.45) is 11.8 Å². The van der Waals surface area contributed by atoms with Crippen LogP contribution in [-0.2, 0) is 0 Å².